The van der Waals surface area contributed by atoms with E-state index in [2.05, 4.69) is 0 Å². The van der Waals surface area contributed by atoms with Crippen LogP contribution in [0.25, 0.3) is 16.7 Å². The van der Waals surface area contributed by atoms with Gasteiger partial charge >= 0.3 is 5.92 Å². The molecule has 1 aliphatic carbocycles. The van der Waals surface area contributed by atoms with Gasteiger partial charge in [0.05, 0.1) is 4.90 Å². The quantitative estimate of drug-likeness (QED) is 0.591. The van der Waals surface area contributed by atoms with E-state index in [9.17, 15) is 26.0 Å². The number of alkyl halides is 3. The van der Waals surface area contributed by atoms with Crippen molar-refractivity contribution < 1.29 is 26.0 Å². The molecule has 0 saturated carbocycles. The van der Waals surface area contributed by atoms with Crippen LogP contribution >= 0.6 is 0 Å². The molecule has 0 aliphatic heterocycles. The van der Waals surface area contributed by atoms with E-state index in [-0.39, 0.29) is 17.2 Å². The zero-order valence-electron chi connectivity index (χ0n) is 15.5. The van der Waals surface area contributed by atoms with Gasteiger partial charge in [0, 0.05) is 5.56 Å². The molecule has 1 atom stereocenters. The number of hydrogen-bond acceptors (Lipinski definition) is 3. The normalized spacial score (nSPS) is 21.7. The Hall–Kier alpha value is -2.49. The van der Waals surface area contributed by atoms with Gasteiger partial charge in [-0.2, -0.15) is 8.78 Å². The highest BCUT2D eigenvalue weighted by Crippen LogP contribution is 2.49. The highest BCUT2D eigenvalue weighted by Gasteiger charge is 2.61. The van der Waals surface area contributed by atoms with Crippen molar-refractivity contribution in [2.75, 3.05) is 14.1 Å². The molecule has 0 bridgehead atoms. The SMILES string of the molecule is CN(C)C1(F)C(F)=CC(c2c(-c3ccccc3)cccc2S(N)(=O)=O)=CC1(F)F. The molecular formula is C20H18F4N2O2S. The number of halogens is 4. The summed E-state index contributed by atoms with van der Waals surface area (Å²) < 4.78 is 83.1. The summed E-state index contributed by atoms with van der Waals surface area (Å²) in [7, 11) is -2.39. The molecule has 0 spiro atoms. The molecular weight excluding hydrogens is 408 g/mol. The summed E-state index contributed by atoms with van der Waals surface area (Å²) in [6.07, 6.45) is 0.806. The monoisotopic (exact) mass is 426 g/mol. The third kappa shape index (κ3) is 3.50. The van der Waals surface area contributed by atoms with Crippen molar-refractivity contribution in [3.63, 3.8) is 0 Å². The highest BCUT2D eigenvalue weighted by molar-refractivity contribution is 7.89. The van der Waals surface area contributed by atoms with Gasteiger partial charge < -0.3 is 0 Å². The first kappa shape index (κ1) is 21.2. The first-order valence-corrected chi connectivity index (χ1v) is 10.0. The van der Waals surface area contributed by atoms with Gasteiger partial charge in [0.25, 0.3) is 5.79 Å². The van der Waals surface area contributed by atoms with E-state index in [0.717, 1.165) is 20.2 Å². The number of hydrogen-bond donors (Lipinski definition) is 1. The molecule has 2 N–H and O–H groups in total. The van der Waals surface area contributed by atoms with E-state index < -0.39 is 38.0 Å². The largest absolute Gasteiger partial charge is 0.320 e. The van der Waals surface area contributed by atoms with Crippen LogP contribution in [0.15, 0.2) is 71.4 Å². The van der Waals surface area contributed by atoms with E-state index in [1.165, 1.54) is 12.1 Å². The fourth-order valence-electron chi connectivity index (χ4n) is 3.30. The summed E-state index contributed by atoms with van der Waals surface area (Å²) in [5.41, 5.74) is 0.0260. The molecule has 1 unspecified atom stereocenters. The molecule has 0 fully saturated rings. The van der Waals surface area contributed by atoms with Gasteiger partial charge in [-0.25, -0.2) is 22.3 Å². The maximum atomic E-state index is 14.9. The molecule has 0 saturated heterocycles. The van der Waals surface area contributed by atoms with E-state index in [4.69, 9.17) is 5.14 Å². The highest BCUT2D eigenvalue weighted by atomic mass is 32.2. The minimum absolute atomic E-state index is 0.225. The van der Waals surface area contributed by atoms with Crippen LogP contribution in [0.5, 0.6) is 0 Å². The van der Waals surface area contributed by atoms with Crippen LogP contribution in [0.3, 0.4) is 0 Å². The molecule has 2 aromatic carbocycles. The number of nitrogens with two attached hydrogens (primary N) is 1. The van der Waals surface area contributed by atoms with Crippen LogP contribution in [-0.4, -0.2) is 39.1 Å². The Bertz CT molecular complexity index is 1110. The average Bonchev–Trinajstić information content (AvgIpc) is 2.64. The van der Waals surface area contributed by atoms with Gasteiger partial charge in [-0.05, 0) is 49.0 Å². The second-order valence-electron chi connectivity index (χ2n) is 6.82. The van der Waals surface area contributed by atoms with Crippen molar-refractivity contribution in [1.29, 1.82) is 0 Å². The lowest BCUT2D eigenvalue weighted by molar-refractivity contribution is -0.159. The van der Waals surface area contributed by atoms with Crippen molar-refractivity contribution >= 4 is 15.6 Å². The first-order chi connectivity index (χ1) is 13.4. The summed E-state index contributed by atoms with van der Waals surface area (Å²) in [5, 5.41) is 5.28. The third-order valence-electron chi connectivity index (χ3n) is 4.70. The standard InChI is InChI=1S/C20H18F4N2O2S/c1-26(2)20(24)17(21)11-14(12-19(20,22)23)18-15(13-7-4-3-5-8-13)9-6-10-16(18)29(25,27)28/h3-12H,1-2H3,(H2,25,27,28). The number of benzene rings is 2. The van der Waals surface area contributed by atoms with Crippen LogP contribution in [0.2, 0.25) is 0 Å². The number of rotatable bonds is 4. The molecule has 0 heterocycles. The van der Waals surface area contributed by atoms with E-state index in [1.54, 1.807) is 30.3 Å². The van der Waals surface area contributed by atoms with E-state index >= 15 is 0 Å². The molecule has 0 radical (unpaired) electrons. The first-order valence-electron chi connectivity index (χ1n) is 8.46. The van der Waals surface area contributed by atoms with Gasteiger partial charge in [-0.15, -0.1) is 0 Å². The Kier molecular flexibility index (Phi) is 5.18. The fourth-order valence-corrected chi connectivity index (χ4v) is 4.08. The summed E-state index contributed by atoms with van der Waals surface area (Å²) >= 11 is 0. The summed E-state index contributed by atoms with van der Waals surface area (Å²) in [5.74, 6) is -9.71. The fraction of sp³-hybridized carbons (Fsp3) is 0.200. The van der Waals surface area contributed by atoms with Gasteiger partial charge in [-0.1, -0.05) is 42.5 Å². The summed E-state index contributed by atoms with van der Waals surface area (Å²) in [6.45, 7) is 0. The van der Waals surface area contributed by atoms with Crippen LogP contribution in [-0.2, 0) is 10.0 Å². The van der Waals surface area contributed by atoms with Crippen molar-refractivity contribution in [2.45, 2.75) is 16.6 Å². The zero-order chi connectivity index (χ0) is 21.6. The van der Waals surface area contributed by atoms with Crippen LogP contribution in [0.1, 0.15) is 5.56 Å². The molecule has 0 amide bonds. The van der Waals surface area contributed by atoms with E-state index in [1.807, 2.05) is 0 Å². The molecule has 29 heavy (non-hydrogen) atoms. The van der Waals surface area contributed by atoms with Crippen LogP contribution in [0.4, 0.5) is 17.6 Å². The molecule has 2 aromatic rings. The minimum atomic E-state index is -4.35. The molecule has 1 aliphatic rings. The smallest absolute Gasteiger partial charge is 0.266 e. The van der Waals surface area contributed by atoms with Crippen molar-refractivity contribution in [3.8, 4) is 11.1 Å². The number of primary sulfonamides is 1. The van der Waals surface area contributed by atoms with Crippen molar-refractivity contribution in [3.05, 3.63) is 72.1 Å². The molecule has 4 nitrogen and oxygen atoms in total. The van der Waals surface area contributed by atoms with Gasteiger partial charge in [0.1, 0.15) is 0 Å². The van der Waals surface area contributed by atoms with E-state index in [0.29, 0.717) is 16.5 Å². The molecule has 154 valence electrons. The lowest BCUT2D eigenvalue weighted by Gasteiger charge is -2.38. The average molecular weight is 426 g/mol. The maximum absolute atomic E-state index is 14.9. The Labute approximate surface area is 166 Å². The maximum Gasteiger partial charge on any atom is 0.320 e. The zero-order valence-corrected chi connectivity index (χ0v) is 16.4. The molecule has 3 rings (SSSR count). The van der Waals surface area contributed by atoms with Crippen LogP contribution in [0, 0.1) is 0 Å². The second kappa shape index (κ2) is 7.08. The van der Waals surface area contributed by atoms with Crippen molar-refractivity contribution in [1.82, 2.24) is 4.90 Å². The van der Waals surface area contributed by atoms with Gasteiger partial charge in [0.2, 0.25) is 10.0 Å². The molecule has 0 aromatic heterocycles. The summed E-state index contributed by atoms with van der Waals surface area (Å²) in [4.78, 5) is -0.0448. The third-order valence-corrected chi connectivity index (χ3v) is 5.65. The van der Waals surface area contributed by atoms with Crippen LogP contribution < -0.4 is 5.14 Å². The second-order valence-corrected chi connectivity index (χ2v) is 8.35. The Morgan fingerprint density at radius 3 is 2.10 bits per heavy atom. The number of likely N-dealkylation sites (N-methyl/N-ethyl adjacent to an activating group) is 1. The minimum Gasteiger partial charge on any atom is -0.266 e. The lowest BCUT2D eigenvalue weighted by atomic mass is 9.87. The Morgan fingerprint density at radius 2 is 1.59 bits per heavy atom. The Morgan fingerprint density at radius 1 is 0.966 bits per heavy atom. The lowest BCUT2D eigenvalue weighted by Crippen LogP contribution is -2.55. The number of nitrogens with zero attached hydrogens (tertiary/aromatic N) is 1. The number of sulfonamides is 1. The number of allylic oxidation sites excluding steroid dienone is 2. The summed E-state index contributed by atoms with van der Waals surface area (Å²) in [6, 6.07) is 12.3. The Balaban J connectivity index is 2.36. The topological polar surface area (TPSA) is 63.4 Å². The molecule has 9 heteroatoms. The van der Waals surface area contributed by atoms with Gasteiger partial charge in [-0.3, -0.25) is 4.90 Å². The van der Waals surface area contributed by atoms with Gasteiger partial charge in [0.15, 0.2) is 5.83 Å². The predicted octanol–water partition coefficient (Wildman–Crippen LogP) is 4.11. The predicted molar refractivity (Wildman–Crippen MR) is 103 cm³/mol. The van der Waals surface area contributed by atoms with Crippen molar-refractivity contribution in [2.24, 2.45) is 5.14 Å².